The summed E-state index contributed by atoms with van der Waals surface area (Å²) < 4.78 is 11.3. The lowest BCUT2D eigenvalue weighted by Gasteiger charge is -2.28. The van der Waals surface area contributed by atoms with Gasteiger partial charge >= 0.3 is 0 Å². The molecule has 3 heteroatoms. The lowest BCUT2D eigenvalue weighted by molar-refractivity contribution is 0.122. The van der Waals surface area contributed by atoms with Crippen molar-refractivity contribution in [1.82, 2.24) is 0 Å². The second-order valence-corrected chi connectivity index (χ2v) is 7.12. The van der Waals surface area contributed by atoms with Crippen LogP contribution >= 0.6 is 0 Å². The molecule has 0 saturated carbocycles. The normalized spacial score (nSPS) is 14.7. The predicted molar refractivity (Wildman–Crippen MR) is 107 cm³/mol. The fraction of sp³-hybridized carbons (Fsp3) is 0.727. The average molecular weight is 348 g/mol. The Bertz CT molecular complexity index is 426. The minimum Gasteiger partial charge on any atom is -0.494 e. The molecule has 0 amide bonds. The molecular formula is C22H37NO2. The molecule has 3 nitrogen and oxygen atoms in total. The lowest BCUT2D eigenvalue weighted by Crippen LogP contribution is -2.36. The molecule has 1 heterocycles. The minimum absolute atomic E-state index is 0.830. The molecule has 2 rings (SSSR count). The van der Waals surface area contributed by atoms with E-state index in [4.69, 9.17) is 9.47 Å². The molecule has 0 bridgehead atoms. The smallest absolute Gasteiger partial charge is 0.119 e. The van der Waals surface area contributed by atoms with E-state index in [9.17, 15) is 0 Å². The van der Waals surface area contributed by atoms with Crippen molar-refractivity contribution >= 4 is 5.69 Å². The number of benzene rings is 1. The monoisotopic (exact) mass is 347 g/mol. The van der Waals surface area contributed by atoms with Gasteiger partial charge in [0.05, 0.1) is 19.8 Å². The Hall–Kier alpha value is -1.22. The Kier molecular flexibility index (Phi) is 10.5. The van der Waals surface area contributed by atoms with Crippen LogP contribution in [0.4, 0.5) is 5.69 Å². The van der Waals surface area contributed by atoms with Crippen molar-refractivity contribution in [1.29, 1.82) is 0 Å². The SMILES string of the molecule is CCCCCCCCCCCCOc1ccc(N2CCOCC2)cc1. The first-order valence-corrected chi connectivity index (χ1v) is 10.5. The molecule has 1 aromatic carbocycles. The van der Waals surface area contributed by atoms with Crippen molar-refractivity contribution in [2.24, 2.45) is 0 Å². The number of nitrogens with zero attached hydrogens (tertiary/aromatic N) is 1. The summed E-state index contributed by atoms with van der Waals surface area (Å²) in [6.07, 6.45) is 13.6. The summed E-state index contributed by atoms with van der Waals surface area (Å²) >= 11 is 0. The molecule has 1 saturated heterocycles. The Labute approximate surface area is 154 Å². The van der Waals surface area contributed by atoms with Crippen molar-refractivity contribution in [3.8, 4) is 5.75 Å². The molecule has 1 aliphatic rings. The Morgan fingerprint density at radius 3 is 1.96 bits per heavy atom. The third-order valence-electron chi connectivity index (χ3n) is 4.98. The highest BCUT2D eigenvalue weighted by Gasteiger charge is 2.10. The van der Waals surface area contributed by atoms with E-state index in [2.05, 4.69) is 36.1 Å². The Morgan fingerprint density at radius 1 is 0.800 bits per heavy atom. The van der Waals surface area contributed by atoms with E-state index in [1.807, 2.05) is 0 Å². The van der Waals surface area contributed by atoms with Gasteiger partial charge in [0.15, 0.2) is 0 Å². The van der Waals surface area contributed by atoms with Gasteiger partial charge in [0.1, 0.15) is 5.75 Å². The minimum atomic E-state index is 0.830. The summed E-state index contributed by atoms with van der Waals surface area (Å²) in [5.74, 6) is 0.993. The van der Waals surface area contributed by atoms with Gasteiger partial charge in [-0.15, -0.1) is 0 Å². The number of morpholine rings is 1. The van der Waals surface area contributed by atoms with Crippen molar-refractivity contribution in [2.75, 3.05) is 37.8 Å². The molecule has 0 unspecified atom stereocenters. The summed E-state index contributed by atoms with van der Waals surface area (Å²) in [6.45, 7) is 6.75. The second kappa shape index (κ2) is 13.0. The van der Waals surface area contributed by atoms with Crippen LogP contribution in [0.5, 0.6) is 5.75 Å². The van der Waals surface area contributed by atoms with Crippen LogP contribution in [-0.4, -0.2) is 32.9 Å². The zero-order valence-electron chi connectivity index (χ0n) is 16.2. The number of unbranched alkanes of at least 4 members (excludes halogenated alkanes) is 9. The zero-order valence-corrected chi connectivity index (χ0v) is 16.2. The quantitative estimate of drug-likeness (QED) is 0.419. The summed E-state index contributed by atoms with van der Waals surface area (Å²) in [5, 5.41) is 0. The highest BCUT2D eigenvalue weighted by molar-refractivity contribution is 5.49. The molecular weight excluding hydrogens is 310 g/mol. The predicted octanol–water partition coefficient (Wildman–Crippen LogP) is 5.82. The Morgan fingerprint density at radius 2 is 1.36 bits per heavy atom. The van der Waals surface area contributed by atoms with E-state index < -0.39 is 0 Å². The number of ether oxygens (including phenoxy) is 2. The van der Waals surface area contributed by atoms with E-state index in [1.165, 1.54) is 69.9 Å². The van der Waals surface area contributed by atoms with Crippen LogP contribution in [-0.2, 0) is 4.74 Å². The van der Waals surface area contributed by atoms with Gasteiger partial charge in [-0.05, 0) is 30.7 Å². The summed E-state index contributed by atoms with van der Waals surface area (Å²) in [7, 11) is 0. The van der Waals surface area contributed by atoms with E-state index in [0.29, 0.717) is 0 Å². The fourth-order valence-electron chi connectivity index (χ4n) is 3.35. The Balaban J connectivity index is 1.46. The average Bonchev–Trinajstić information content (AvgIpc) is 2.67. The van der Waals surface area contributed by atoms with Crippen LogP contribution < -0.4 is 9.64 Å². The summed E-state index contributed by atoms with van der Waals surface area (Å²) in [5.41, 5.74) is 1.27. The van der Waals surface area contributed by atoms with E-state index in [1.54, 1.807) is 0 Å². The first-order valence-electron chi connectivity index (χ1n) is 10.5. The van der Waals surface area contributed by atoms with Crippen molar-refractivity contribution in [3.05, 3.63) is 24.3 Å². The highest BCUT2D eigenvalue weighted by atomic mass is 16.5. The third kappa shape index (κ3) is 8.62. The molecule has 1 fully saturated rings. The molecule has 1 aliphatic heterocycles. The number of hydrogen-bond donors (Lipinski definition) is 0. The topological polar surface area (TPSA) is 21.7 Å². The maximum atomic E-state index is 5.88. The molecule has 0 radical (unpaired) electrons. The van der Waals surface area contributed by atoms with Crippen LogP contribution in [0.15, 0.2) is 24.3 Å². The summed E-state index contributed by atoms with van der Waals surface area (Å²) in [4.78, 5) is 2.37. The lowest BCUT2D eigenvalue weighted by atomic mass is 10.1. The third-order valence-corrected chi connectivity index (χ3v) is 4.98. The van der Waals surface area contributed by atoms with Gasteiger partial charge < -0.3 is 14.4 Å². The number of anilines is 1. The fourth-order valence-corrected chi connectivity index (χ4v) is 3.35. The van der Waals surface area contributed by atoms with Gasteiger partial charge in [0.2, 0.25) is 0 Å². The standard InChI is InChI=1S/C22H37NO2/c1-2-3-4-5-6-7-8-9-10-11-18-25-22-14-12-21(13-15-22)23-16-19-24-20-17-23/h12-15H,2-11,16-20H2,1H3. The van der Waals surface area contributed by atoms with Gasteiger partial charge in [0, 0.05) is 18.8 Å². The van der Waals surface area contributed by atoms with Crippen LogP contribution in [0.25, 0.3) is 0 Å². The van der Waals surface area contributed by atoms with E-state index >= 15 is 0 Å². The number of hydrogen-bond acceptors (Lipinski definition) is 3. The van der Waals surface area contributed by atoms with Crippen LogP contribution in [0.2, 0.25) is 0 Å². The van der Waals surface area contributed by atoms with Crippen LogP contribution in [0.1, 0.15) is 71.1 Å². The largest absolute Gasteiger partial charge is 0.494 e. The van der Waals surface area contributed by atoms with Crippen LogP contribution in [0.3, 0.4) is 0 Å². The molecule has 0 spiro atoms. The molecule has 25 heavy (non-hydrogen) atoms. The maximum absolute atomic E-state index is 5.88. The zero-order chi connectivity index (χ0) is 17.6. The van der Waals surface area contributed by atoms with Crippen LogP contribution in [0, 0.1) is 0 Å². The van der Waals surface area contributed by atoms with Gasteiger partial charge in [-0.2, -0.15) is 0 Å². The molecule has 1 aromatic rings. The molecule has 142 valence electrons. The maximum Gasteiger partial charge on any atom is 0.119 e. The van der Waals surface area contributed by atoms with Gasteiger partial charge in [-0.3, -0.25) is 0 Å². The van der Waals surface area contributed by atoms with Crippen molar-refractivity contribution < 1.29 is 9.47 Å². The molecule has 0 aromatic heterocycles. The van der Waals surface area contributed by atoms with E-state index in [-0.39, 0.29) is 0 Å². The van der Waals surface area contributed by atoms with Gasteiger partial charge in [-0.25, -0.2) is 0 Å². The van der Waals surface area contributed by atoms with Crippen molar-refractivity contribution in [3.63, 3.8) is 0 Å². The van der Waals surface area contributed by atoms with Gasteiger partial charge in [0.25, 0.3) is 0 Å². The highest BCUT2D eigenvalue weighted by Crippen LogP contribution is 2.20. The second-order valence-electron chi connectivity index (χ2n) is 7.12. The van der Waals surface area contributed by atoms with E-state index in [0.717, 1.165) is 38.7 Å². The molecule has 0 aliphatic carbocycles. The summed E-state index contributed by atoms with van der Waals surface area (Å²) in [6, 6.07) is 8.53. The van der Waals surface area contributed by atoms with Crippen molar-refractivity contribution in [2.45, 2.75) is 71.1 Å². The first kappa shape index (κ1) is 20.1. The molecule has 0 N–H and O–H groups in total. The molecule has 0 atom stereocenters. The number of rotatable bonds is 13. The van der Waals surface area contributed by atoms with Gasteiger partial charge in [-0.1, -0.05) is 64.7 Å². The first-order chi connectivity index (χ1) is 12.4.